The van der Waals surface area contributed by atoms with E-state index in [0.717, 1.165) is 39.4 Å². The Hall–Kier alpha value is -1.99. The predicted octanol–water partition coefficient (Wildman–Crippen LogP) is 0.190. The van der Waals surface area contributed by atoms with Crippen LogP contribution in [0.3, 0.4) is 0 Å². The number of thioether (sulfide) groups is 1. The highest BCUT2D eigenvalue weighted by molar-refractivity contribution is 8.14. The van der Waals surface area contributed by atoms with Crippen LogP contribution in [0.5, 0.6) is 11.5 Å². The van der Waals surface area contributed by atoms with Gasteiger partial charge in [0.2, 0.25) is 0 Å². The Balaban J connectivity index is 0.00000169. The molecule has 2 aliphatic rings. The van der Waals surface area contributed by atoms with E-state index >= 15 is 0 Å². The van der Waals surface area contributed by atoms with Gasteiger partial charge in [0, 0.05) is 11.3 Å². The van der Waals surface area contributed by atoms with E-state index in [1.165, 1.54) is 0 Å². The SMILES string of the molecule is [Br-].c1ccc(N=C2NN=C(c3ccc4c(c3)OCCO4)CS2)cc1. The van der Waals surface area contributed by atoms with E-state index < -0.39 is 0 Å². The molecule has 4 rings (SSSR count). The lowest BCUT2D eigenvalue weighted by molar-refractivity contribution is -0.00000514. The summed E-state index contributed by atoms with van der Waals surface area (Å²) in [4.78, 5) is 4.53. The number of halogens is 1. The van der Waals surface area contributed by atoms with Gasteiger partial charge in [0.1, 0.15) is 13.2 Å². The maximum Gasteiger partial charge on any atom is 0.182 e. The van der Waals surface area contributed by atoms with Gasteiger partial charge in [-0.05, 0) is 30.3 Å². The molecular weight excluding hydrogens is 390 g/mol. The van der Waals surface area contributed by atoms with E-state index in [1.54, 1.807) is 11.8 Å². The topological polar surface area (TPSA) is 55.2 Å². The second-order valence-corrected chi connectivity index (χ2v) is 6.03. The minimum absolute atomic E-state index is 0. The third-order valence-electron chi connectivity index (χ3n) is 3.49. The van der Waals surface area contributed by atoms with E-state index in [0.29, 0.717) is 13.2 Å². The van der Waals surface area contributed by atoms with Gasteiger partial charge in [-0.1, -0.05) is 30.0 Å². The van der Waals surface area contributed by atoms with Gasteiger partial charge in [0.05, 0.1) is 11.4 Å². The average molecular weight is 405 g/mol. The molecule has 0 aliphatic carbocycles. The fraction of sp³-hybridized carbons (Fsp3) is 0.176. The summed E-state index contributed by atoms with van der Waals surface area (Å²) in [5.41, 5.74) is 5.95. The van der Waals surface area contributed by atoms with Gasteiger partial charge in [-0.15, -0.1) is 0 Å². The molecule has 0 aromatic heterocycles. The molecule has 0 atom stereocenters. The maximum atomic E-state index is 5.62. The molecule has 7 heteroatoms. The number of ether oxygens (including phenoxy) is 2. The van der Waals surface area contributed by atoms with Gasteiger partial charge in [-0.3, -0.25) is 5.43 Å². The molecular formula is C17H15BrN3O2S-. The minimum atomic E-state index is 0. The quantitative estimate of drug-likeness (QED) is 0.776. The second kappa shape index (κ2) is 7.72. The predicted molar refractivity (Wildman–Crippen MR) is 93.1 cm³/mol. The number of hydrogen-bond donors (Lipinski definition) is 1. The Labute approximate surface area is 154 Å². The van der Waals surface area contributed by atoms with Crippen molar-refractivity contribution in [3.05, 3.63) is 54.1 Å². The smallest absolute Gasteiger partial charge is 0.182 e. The summed E-state index contributed by atoms with van der Waals surface area (Å²) in [5, 5.41) is 5.25. The van der Waals surface area contributed by atoms with E-state index in [4.69, 9.17) is 9.47 Å². The number of fused-ring (bicyclic) bond motifs is 1. The molecule has 2 aromatic carbocycles. The molecule has 0 radical (unpaired) electrons. The zero-order valence-corrected chi connectivity index (χ0v) is 15.1. The number of hydrazone groups is 1. The van der Waals surface area contributed by atoms with Gasteiger partial charge in [0.25, 0.3) is 0 Å². The van der Waals surface area contributed by atoms with Crippen LogP contribution in [0.2, 0.25) is 0 Å². The third-order valence-corrected chi connectivity index (χ3v) is 4.37. The molecule has 0 unspecified atom stereocenters. The summed E-state index contributed by atoms with van der Waals surface area (Å²) >= 11 is 1.63. The zero-order valence-electron chi connectivity index (χ0n) is 12.7. The Kier molecular flexibility index (Phi) is 5.42. The number of hydrogen-bond acceptors (Lipinski definition) is 5. The van der Waals surface area contributed by atoms with Crippen molar-refractivity contribution in [3.63, 3.8) is 0 Å². The average Bonchev–Trinajstić information content (AvgIpc) is 2.63. The summed E-state index contributed by atoms with van der Waals surface area (Å²) in [5.74, 6) is 2.34. The first-order chi connectivity index (χ1) is 11.4. The van der Waals surface area contributed by atoms with Crippen LogP contribution >= 0.6 is 11.8 Å². The monoisotopic (exact) mass is 404 g/mol. The van der Waals surface area contributed by atoms with Crippen LogP contribution in [0.1, 0.15) is 5.56 Å². The number of amidine groups is 1. The molecule has 0 bridgehead atoms. The second-order valence-electron chi connectivity index (χ2n) is 5.07. The molecule has 24 heavy (non-hydrogen) atoms. The summed E-state index contributed by atoms with van der Waals surface area (Å²) in [6.07, 6.45) is 0. The maximum absolute atomic E-state index is 5.62. The Morgan fingerprint density at radius 3 is 2.54 bits per heavy atom. The molecule has 124 valence electrons. The van der Waals surface area contributed by atoms with E-state index in [2.05, 4.69) is 15.5 Å². The summed E-state index contributed by atoms with van der Waals surface area (Å²) < 4.78 is 11.2. The molecule has 2 aliphatic heterocycles. The molecule has 0 amide bonds. The zero-order chi connectivity index (χ0) is 15.5. The fourth-order valence-electron chi connectivity index (χ4n) is 2.36. The van der Waals surface area contributed by atoms with Crippen LogP contribution in [-0.2, 0) is 0 Å². The van der Waals surface area contributed by atoms with Crippen molar-refractivity contribution < 1.29 is 26.5 Å². The number of nitrogens with zero attached hydrogens (tertiary/aromatic N) is 2. The fourth-order valence-corrected chi connectivity index (χ4v) is 3.15. The molecule has 0 fully saturated rings. The third kappa shape index (κ3) is 3.73. The van der Waals surface area contributed by atoms with Gasteiger partial charge in [-0.25, -0.2) is 4.99 Å². The van der Waals surface area contributed by atoms with Crippen molar-refractivity contribution in [2.24, 2.45) is 10.1 Å². The van der Waals surface area contributed by atoms with Gasteiger partial charge in [0.15, 0.2) is 16.7 Å². The van der Waals surface area contributed by atoms with Gasteiger partial charge in [-0.2, -0.15) is 5.10 Å². The Morgan fingerprint density at radius 2 is 1.79 bits per heavy atom. The van der Waals surface area contributed by atoms with Gasteiger partial charge < -0.3 is 26.5 Å². The van der Waals surface area contributed by atoms with E-state index in [1.807, 2.05) is 48.5 Å². The van der Waals surface area contributed by atoms with Crippen molar-refractivity contribution in [2.75, 3.05) is 19.0 Å². The molecule has 2 heterocycles. The van der Waals surface area contributed by atoms with E-state index in [-0.39, 0.29) is 17.0 Å². The first-order valence-corrected chi connectivity index (χ1v) is 8.36. The lowest BCUT2D eigenvalue weighted by Gasteiger charge is -2.20. The lowest BCUT2D eigenvalue weighted by atomic mass is 10.1. The van der Waals surface area contributed by atoms with Crippen molar-refractivity contribution in [1.29, 1.82) is 0 Å². The Bertz CT molecular complexity index is 781. The summed E-state index contributed by atoms with van der Waals surface area (Å²) in [7, 11) is 0. The van der Waals surface area contributed by atoms with Crippen LogP contribution in [-0.4, -0.2) is 29.8 Å². The first-order valence-electron chi connectivity index (χ1n) is 7.38. The van der Waals surface area contributed by atoms with Crippen molar-refractivity contribution in [2.45, 2.75) is 0 Å². The molecule has 0 spiro atoms. The van der Waals surface area contributed by atoms with Gasteiger partial charge >= 0.3 is 0 Å². The highest BCUT2D eigenvalue weighted by Gasteiger charge is 2.17. The highest BCUT2D eigenvalue weighted by Crippen LogP contribution is 2.31. The number of para-hydroxylation sites is 1. The summed E-state index contributed by atoms with van der Waals surface area (Å²) in [6.45, 7) is 1.19. The standard InChI is InChI=1S/C17H15N3O2S.BrH/c1-2-4-13(5-3-1)18-17-20-19-14(11-23-17)12-6-7-15-16(10-12)22-9-8-21-15;/h1-7,10H,8-9,11H2,(H,18,20);1H/p-1. The lowest BCUT2D eigenvalue weighted by Crippen LogP contribution is -3.00. The van der Waals surface area contributed by atoms with E-state index in [9.17, 15) is 0 Å². The number of benzene rings is 2. The first kappa shape index (κ1) is 16.9. The molecule has 0 saturated heterocycles. The normalized spacial score (nSPS) is 17.5. The Morgan fingerprint density at radius 1 is 1.00 bits per heavy atom. The minimum Gasteiger partial charge on any atom is -1.00 e. The van der Waals surface area contributed by atoms with Crippen LogP contribution < -0.4 is 31.9 Å². The van der Waals surface area contributed by atoms with Crippen LogP contribution in [0.15, 0.2) is 58.6 Å². The molecule has 1 N–H and O–H groups in total. The highest BCUT2D eigenvalue weighted by atomic mass is 79.9. The number of aliphatic imine (C=N–C) groups is 1. The molecule has 0 saturated carbocycles. The largest absolute Gasteiger partial charge is 1.00 e. The molecule has 5 nitrogen and oxygen atoms in total. The number of rotatable bonds is 2. The number of nitrogens with one attached hydrogen (secondary N) is 1. The summed E-state index contributed by atoms with van der Waals surface area (Å²) in [6, 6.07) is 15.8. The van der Waals surface area contributed by atoms with Crippen molar-refractivity contribution >= 4 is 28.3 Å². The van der Waals surface area contributed by atoms with Crippen molar-refractivity contribution in [3.8, 4) is 11.5 Å². The van der Waals surface area contributed by atoms with Crippen LogP contribution in [0, 0.1) is 0 Å². The van der Waals surface area contributed by atoms with Crippen LogP contribution in [0.25, 0.3) is 0 Å². The van der Waals surface area contributed by atoms with Crippen molar-refractivity contribution in [1.82, 2.24) is 5.43 Å². The van der Waals surface area contributed by atoms with Crippen LogP contribution in [0.4, 0.5) is 5.69 Å². The molecule has 2 aromatic rings.